The molecular weight excluding hydrogens is 442 g/mol. The first-order valence-electron chi connectivity index (χ1n) is 9.08. The van der Waals surface area contributed by atoms with Crippen LogP contribution in [0.3, 0.4) is 0 Å². The summed E-state index contributed by atoms with van der Waals surface area (Å²) >= 11 is 5.68. The Labute approximate surface area is 176 Å². The molecule has 2 aliphatic heterocycles. The number of ether oxygens (including phenoxy) is 1. The second-order valence-electron chi connectivity index (χ2n) is 7.06. The van der Waals surface area contributed by atoms with E-state index in [0.717, 1.165) is 17.0 Å². The number of rotatable bonds is 5. The molecule has 1 unspecified atom stereocenters. The van der Waals surface area contributed by atoms with E-state index in [1.807, 2.05) is 0 Å². The smallest absolute Gasteiger partial charge is 0.414 e. The zero-order chi connectivity index (χ0) is 21.5. The Morgan fingerprint density at radius 1 is 1.27 bits per heavy atom. The van der Waals surface area contributed by atoms with Crippen LogP contribution < -0.4 is 4.90 Å². The van der Waals surface area contributed by atoms with Crippen molar-refractivity contribution in [2.75, 3.05) is 23.0 Å². The maximum Gasteiger partial charge on any atom is 0.414 e. The van der Waals surface area contributed by atoms with Crippen molar-refractivity contribution in [3.8, 4) is 0 Å². The average Bonchev–Trinajstić information content (AvgIpc) is 3.28. The molecule has 2 aliphatic rings. The van der Waals surface area contributed by atoms with Crippen molar-refractivity contribution < 1.29 is 26.7 Å². The molecule has 8 nitrogen and oxygen atoms in total. The fourth-order valence-corrected chi connectivity index (χ4v) is 4.73. The number of nitrogens with zero attached hydrogens (tertiary/aromatic N) is 4. The van der Waals surface area contributed by atoms with Crippen molar-refractivity contribution in [1.29, 1.82) is 0 Å². The number of carbonyl (C=O) groups excluding carboxylic acids is 1. The number of allylic oxidation sites excluding steroid dienone is 1. The SMILES string of the molecule is O=C1OC(Cn2cc(CCl)nn2)CN1c1cc(F)c(C2=CCS(=O)(=O)CC2)c(F)c1. The minimum absolute atomic E-state index is 0.0188. The molecule has 1 amide bonds. The van der Waals surface area contributed by atoms with Crippen molar-refractivity contribution in [2.24, 2.45) is 0 Å². The number of alkyl halides is 1. The summed E-state index contributed by atoms with van der Waals surface area (Å²) in [4.78, 5) is 13.4. The van der Waals surface area contributed by atoms with Crippen LogP contribution in [0.25, 0.3) is 5.57 Å². The fourth-order valence-electron chi connectivity index (χ4n) is 3.45. The van der Waals surface area contributed by atoms with Gasteiger partial charge in [-0.3, -0.25) is 4.90 Å². The standard InChI is InChI=1S/C18H17ClF2N4O4S/c19-7-12-8-24(23-22-12)9-14-10-25(18(26)29-14)13-5-15(20)17(16(21)6-13)11-1-3-30(27,28)4-2-11/h1,5-6,8,14H,2-4,7,9-10H2. The Balaban J connectivity index is 1.53. The molecule has 2 aromatic rings. The molecule has 0 aliphatic carbocycles. The van der Waals surface area contributed by atoms with Gasteiger partial charge in [-0.2, -0.15) is 0 Å². The van der Waals surface area contributed by atoms with Crippen LogP contribution in [0, 0.1) is 11.6 Å². The minimum Gasteiger partial charge on any atom is -0.442 e. The number of anilines is 1. The number of cyclic esters (lactones) is 1. The quantitative estimate of drug-likeness (QED) is 0.639. The third kappa shape index (κ3) is 4.17. The first-order valence-corrected chi connectivity index (χ1v) is 11.4. The van der Waals surface area contributed by atoms with Crippen LogP contribution >= 0.6 is 11.6 Å². The van der Waals surface area contributed by atoms with Crippen LogP contribution in [0.15, 0.2) is 24.4 Å². The lowest BCUT2D eigenvalue weighted by Gasteiger charge is -2.18. The van der Waals surface area contributed by atoms with E-state index in [-0.39, 0.29) is 48.1 Å². The molecule has 12 heteroatoms. The van der Waals surface area contributed by atoms with Gasteiger partial charge in [0.1, 0.15) is 17.7 Å². The second kappa shape index (κ2) is 7.95. The van der Waals surface area contributed by atoms with E-state index in [9.17, 15) is 22.0 Å². The molecule has 0 bridgehead atoms. The Morgan fingerprint density at radius 2 is 2.00 bits per heavy atom. The Kier molecular flexibility index (Phi) is 5.49. The van der Waals surface area contributed by atoms with Crippen LogP contribution in [0.5, 0.6) is 0 Å². The molecule has 0 spiro atoms. The summed E-state index contributed by atoms with van der Waals surface area (Å²) in [6, 6.07) is 2.10. The van der Waals surface area contributed by atoms with Gasteiger partial charge in [0, 0.05) is 11.8 Å². The molecule has 160 valence electrons. The number of carbonyl (C=O) groups is 1. The van der Waals surface area contributed by atoms with E-state index >= 15 is 0 Å². The number of benzene rings is 1. The number of hydrogen-bond donors (Lipinski definition) is 0. The number of hydrogen-bond acceptors (Lipinski definition) is 6. The zero-order valence-electron chi connectivity index (χ0n) is 15.6. The molecule has 1 fully saturated rings. The molecule has 0 N–H and O–H groups in total. The molecular formula is C18H17ClF2N4O4S. The van der Waals surface area contributed by atoms with E-state index in [1.165, 1.54) is 10.8 Å². The van der Waals surface area contributed by atoms with Crippen molar-refractivity contribution in [1.82, 2.24) is 15.0 Å². The van der Waals surface area contributed by atoms with E-state index in [0.29, 0.717) is 11.3 Å². The highest BCUT2D eigenvalue weighted by Crippen LogP contribution is 2.32. The molecule has 30 heavy (non-hydrogen) atoms. The number of sulfone groups is 1. The highest BCUT2D eigenvalue weighted by Gasteiger charge is 2.34. The van der Waals surface area contributed by atoms with Crippen molar-refractivity contribution in [3.63, 3.8) is 0 Å². The lowest BCUT2D eigenvalue weighted by Crippen LogP contribution is -2.26. The monoisotopic (exact) mass is 458 g/mol. The van der Waals surface area contributed by atoms with Gasteiger partial charge < -0.3 is 4.74 Å². The predicted octanol–water partition coefficient (Wildman–Crippen LogP) is 2.52. The predicted molar refractivity (Wildman–Crippen MR) is 105 cm³/mol. The van der Waals surface area contributed by atoms with Gasteiger partial charge in [0.05, 0.1) is 41.9 Å². The van der Waals surface area contributed by atoms with Gasteiger partial charge in [0.25, 0.3) is 0 Å². The minimum atomic E-state index is -3.22. The highest BCUT2D eigenvalue weighted by atomic mass is 35.5. The summed E-state index contributed by atoms with van der Waals surface area (Å²) in [6.07, 6.45) is 1.67. The summed E-state index contributed by atoms with van der Waals surface area (Å²) in [5.41, 5.74) is 0.622. The van der Waals surface area contributed by atoms with Crippen LogP contribution in [0.4, 0.5) is 19.3 Å². The maximum absolute atomic E-state index is 14.7. The maximum atomic E-state index is 14.7. The number of amides is 1. The second-order valence-corrected chi connectivity index (χ2v) is 9.56. The van der Waals surface area contributed by atoms with Gasteiger partial charge in [-0.05, 0) is 24.1 Å². The molecule has 1 atom stereocenters. The molecule has 4 rings (SSSR count). The average molecular weight is 459 g/mol. The Morgan fingerprint density at radius 3 is 2.60 bits per heavy atom. The highest BCUT2D eigenvalue weighted by molar-refractivity contribution is 7.91. The van der Waals surface area contributed by atoms with Crippen LogP contribution in [0.2, 0.25) is 0 Å². The van der Waals surface area contributed by atoms with E-state index < -0.39 is 33.7 Å². The Bertz CT molecular complexity index is 1110. The van der Waals surface area contributed by atoms with E-state index in [1.54, 1.807) is 6.20 Å². The molecule has 1 saturated heterocycles. The van der Waals surface area contributed by atoms with Gasteiger partial charge >= 0.3 is 6.09 Å². The lowest BCUT2D eigenvalue weighted by molar-refractivity contribution is 0.129. The van der Waals surface area contributed by atoms with Crippen LogP contribution in [-0.4, -0.2) is 53.7 Å². The van der Waals surface area contributed by atoms with Gasteiger partial charge in [-0.15, -0.1) is 16.7 Å². The summed E-state index contributed by atoms with van der Waals surface area (Å²) < 4.78 is 59.2. The lowest BCUT2D eigenvalue weighted by atomic mass is 10.0. The molecule has 0 radical (unpaired) electrons. The first kappa shape index (κ1) is 20.7. The van der Waals surface area contributed by atoms with Crippen molar-refractivity contribution >= 4 is 38.8 Å². The van der Waals surface area contributed by atoms with Gasteiger partial charge in [0.15, 0.2) is 9.84 Å². The van der Waals surface area contributed by atoms with Gasteiger partial charge in [-0.1, -0.05) is 11.3 Å². The summed E-state index contributed by atoms with van der Waals surface area (Å²) in [5, 5.41) is 7.72. The zero-order valence-corrected chi connectivity index (χ0v) is 17.2. The molecule has 1 aromatic heterocycles. The van der Waals surface area contributed by atoms with Gasteiger partial charge in [0.2, 0.25) is 0 Å². The number of halogens is 3. The Hall–Kier alpha value is -2.53. The van der Waals surface area contributed by atoms with Crippen LogP contribution in [-0.2, 0) is 27.0 Å². The summed E-state index contributed by atoms with van der Waals surface area (Å²) in [7, 11) is -3.22. The van der Waals surface area contributed by atoms with E-state index in [4.69, 9.17) is 16.3 Å². The molecule has 3 heterocycles. The van der Waals surface area contributed by atoms with Crippen LogP contribution in [0.1, 0.15) is 17.7 Å². The summed E-state index contributed by atoms with van der Waals surface area (Å²) in [5.74, 6) is -1.95. The van der Waals surface area contributed by atoms with E-state index in [2.05, 4.69) is 10.3 Å². The topological polar surface area (TPSA) is 94.4 Å². The van der Waals surface area contributed by atoms with Gasteiger partial charge in [-0.25, -0.2) is 26.7 Å². The van der Waals surface area contributed by atoms with Crippen molar-refractivity contribution in [2.45, 2.75) is 24.9 Å². The molecule has 1 aromatic carbocycles. The number of aromatic nitrogens is 3. The summed E-state index contributed by atoms with van der Waals surface area (Å²) in [6.45, 7) is 0.296. The fraction of sp³-hybridized carbons (Fsp3) is 0.389. The third-order valence-electron chi connectivity index (χ3n) is 4.91. The largest absolute Gasteiger partial charge is 0.442 e. The first-order chi connectivity index (χ1) is 14.3. The third-order valence-corrected chi connectivity index (χ3v) is 6.69. The molecule has 0 saturated carbocycles. The van der Waals surface area contributed by atoms with Crippen molar-refractivity contribution in [3.05, 3.63) is 47.3 Å². The normalized spacial score (nSPS) is 20.9.